The summed E-state index contributed by atoms with van der Waals surface area (Å²) in [5, 5.41) is 28.7. The average Bonchev–Trinajstić information content (AvgIpc) is 3.01. The average molecular weight is 650 g/mol. The Bertz CT molecular complexity index is 984. The number of halogens is 1. The first-order chi connectivity index (χ1) is 21.7. The molecular formula is C34H60ClN7O3. The van der Waals surface area contributed by atoms with Crippen molar-refractivity contribution in [2.45, 2.75) is 150 Å². The van der Waals surface area contributed by atoms with Crippen LogP contribution in [-0.4, -0.2) is 117 Å². The van der Waals surface area contributed by atoms with Crippen molar-refractivity contribution in [3.05, 3.63) is 0 Å². The lowest BCUT2D eigenvalue weighted by molar-refractivity contribution is -0.124. The largest absolute Gasteiger partial charge is 0.376 e. The second-order valence-corrected chi connectivity index (χ2v) is 15.3. The minimum absolute atomic E-state index is 0.0267. The topological polar surface area (TPSA) is 123 Å². The number of piperazine rings is 1. The molecule has 13 unspecified atom stereocenters. The molecule has 5 N–H and O–H groups in total. The number of nitrogens with one attached hydrogen (secondary N) is 5. The van der Waals surface area contributed by atoms with E-state index in [1.807, 2.05) is 21.0 Å². The molecule has 5 rings (SSSR count). The van der Waals surface area contributed by atoms with Crippen LogP contribution in [0.15, 0.2) is 0 Å². The highest BCUT2D eigenvalue weighted by atomic mass is 35.5. The first-order valence-electron chi connectivity index (χ1n) is 18.0. The molecular weight excluding hydrogens is 590 g/mol. The van der Waals surface area contributed by atoms with Gasteiger partial charge in [-0.15, -0.1) is 11.6 Å². The van der Waals surface area contributed by atoms with Gasteiger partial charge in [0.1, 0.15) is 0 Å². The second kappa shape index (κ2) is 16.9. The van der Waals surface area contributed by atoms with Crippen LogP contribution in [0.4, 0.5) is 0 Å². The number of piperidine rings is 1. The van der Waals surface area contributed by atoms with Gasteiger partial charge in [-0.3, -0.25) is 4.79 Å². The van der Waals surface area contributed by atoms with Crippen molar-refractivity contribution in [3.8, 4) is 6.07 Å². The summed E-state index contributed by atoms with van der Waals surface area (Å²) in [6.45, 7) is 7.15. The number of fused-ring (bicyclic) bond motifs is 2. The Morgan fingerprint density at radius 2 is 1.80 bits per heavy atom. The number of alkyl halides is 1. The Hall–Kier alpha value is -1.03. The summed E-state index contributed by atoms with van der Waals surface area (Å²) in [7, 11) is 4.06. The molecule has 0 bridgehead atoms. The number of rotatable bonds is 12. The van der Waals surface area contributed by atoms with Crippen molar-refractivity contribution < 1.29 is 14.3 Å². The van der Waals surface area contributed by atoms with Crippen molar-refractivity contribution in [2.24, 2.45) is 11.8 Å². The number of hydrogen-bond acceptors (Lipinski definition) is 9. The summed E-state index contributed by atoms with van der Waals surface area (Å²) in [6, 6.07) is 4.91. The Labute approximate surface area is 276 Å². The molecule has 2 saturated heterocycles. The van der Waals surface area contributed by atoms with Crippen LogP contribution in [0, 0.1) is 23.2 Å². The molecule has 2 heterocycles. The SMILES string of the molecule is CCOC1CC2NCC(C#N)C(NC3CCC(OCC4NC5CCCCC5NC4C)C(Cl)C3)C2CC1NC(=O)CCCN(C)C. The Morgan fingerprint density at radius 3 is 2.51 bits per heavy atom. The van der Waals surface area contributed by atoms with Gasteiger partial charge in [-0.2, -0.15) is 5.26 Å². The van der Waals surface area contributed by atoms with Crippen LogP contribution in [0.1, 0.15) is 84.5 Å². The van der Waals surface area contributed by atoms with E-state index in [1.54, 1.807) is 0 Å². The maximum atomic E-state index is 12.9. The molecule has 256 valence electrons. The fraction of sp³-hybridized carbons (Fsp3) is 0.941. The number of ether oxygens (including phenoxy) is 2. The highest BCUT2D eigenvalue weighted by molar-refractivity contribution is 6.21. The quantitative estimate of drug-likeness (QED) is 0.203. The van der Waals surface area contributed by atoms with Crippen LogP contribution in [-0.2, 0) is 14.3 Å². The van der Waals surface area contributed by atoms with Gasteiger partial charge < -0.3 is 41.0 Å². The highest BCUT2D eigenvalue weighted by Crippen LogP contribution is 2.37. The summed E-state index contributed by atoms with van der Waals surface area (Å²) < 4.78 is 12.7. The van der Waals surface area contributed by atoms with E-state index in [0.717, 1.165) is 45.1 Å². The van der Waals surface area contributed by atoms with E-state index < -0.39 is 0 Å². The van der Waals surface area contributed by atoms with Gasteiger partial charge in [-0.25, -0.2) is 0 Å². The number of amides is 1. The highest BCUT2D eigenvalue weighted by Gasteiger charge is 2.47. The Kier molecular flexibility index (Phi) is 13.2. The first kappa shape index (κ1) is 35.3. The molecule has 0 aromatic heterocycles. The van der Waals surface area contributed by atoms with Crippen LogP contribution < -0.4 is 26.6 Å². The van der Waals surface area contributed by atoms with Crippen LogP contribution in [0.25, 0.3) is 0 Å². The first-order valence-corrected chi connectivity index (χ1v) is 18.4. The van der Waals surface area contributed by atoms with Crippen LogP contribution in [0.2, 0.25) is 0 Å². The van der Waals surface area contributed by atoms with Crippen molar-refractivity contribution >= 4 is 17.5 Å². The lowest BCUT2D eigenvalue weighted by atomic mass is 9.69. The van der Waals surface area contributed by atoms with Gasteiger partial charge in [0, 0.05) is 61.9 Å². The lowest BCUT2D eigenvalue weighted by Gasteiger charge is -2.50. The molecule has 45 heavy (non-hydrogen) atoms. The molecule has 0 aromatic rings. The number of nitriles is 1. The molecule has 10 nitrogen and oxygen atoms in total. The molecule has 5 fully saturated rings. The van der Waals surface area contributed by atoms with Crippen molar-refractivity contribution in [2.75, 3.05) is 40.4 Å². The number of hydrogen-bond donors (Lipinski definition) is 5. The molecule has 11 heteroatoms. The number of carbonyl (C=O) groups is 1. The van der Waals surface area contributed by atoms with Crippen molar-refractivity contribution in [1.82, 2.24) is 31.5 Å². The van der Waals surface area contributed by atoms with Gasteiger partial charge in [0.25, 0.3) is 0 Å². The molecule has 13 atom stereocenters. The monoisotopic (exact) mass is 649 g/mol. The van der Waals surface area contributed by atoms with E-state index in [4.69, 9.17) is 21.1 Å². The van der Waals surface area contributed by atoms with Gasteiger partial charge in [0.05, 0.1) is 42.2 Å². The van der Waals surface area contributed by atoms with Gasteiger partial charge in [-0.05, 0) is 91.8 Å². The fourth-order valence-corrected chi connectivity index (χ4v) is 9.22. The molecule has 1 amide bonds. The van der Waals surface area contributed by atoms with E-state index in [1.165, 1.54) is 25.7 Å². The summed E-state index contributed by atoms with van der Waals surface area (Å²) >= 11 is 7.02. The lowest BCUT2D eigenvalue weighted by Crippen LogP contribution is -2.67. The standard InChI is InChI=1S/C34H60ClN7O3/c1-5-44-32-17-28-24(16-29(32)41-33(43)11-8-14-42(3)4)34(22(18-36)19-37-28)39-23-12-13-31(25(35)15-23)45-20-30-21(2)38-26-9-6-7-10-27(26)40-30/h21-32,34,37-40H,5-17,19-20H2,1-4H3,(H,41,43). The third-order valence-corrected chi connectivity index (χ3v) is 11.7. The van der Waals surface area contributed by atoms with Gasteiger partial charge in [0.15, 0.2) is 0 Å². The van der Waals surface area contributed by atoms with Gasteiger partial charge >= 0.3 is 0 Å². The van der Waals surface area contributed by atoms with Crippen LogP contribution in [0.5, 0.6) is 0 Å². The normalized spacial score (nSPS) is 41.9. The summed E-state index contributed by atoms with van der Waals surface area (Å²) in [6.07, 6.45) is 10.9. The van der Waals surface area contributed by atoms with Crippen molar-refractivity contribution in [3.63, 3.8) is 0 Å². The zero-order valence-electron chi connectivity index (χ0n) is 28.1. The minimum Gasteiger partial charge on any atom is -0.376 e. The van der Waals surface area contributed by atoms with Crippen LogP contribution >= 0.6 is 11.6 Å². The summed E-state index contributed by atoms with van der Waals surface area (Å²) in [5.74, 6) is 0.180. The van der Waals surface area contributed by atoms with Crippen LogP contribution in [0.3, 0.4) is 0 Å². The van der Waals surface area contributed by atoms with Gasteiger partial charge in [-0.1, -0.05) is 12.8 Å². The second-order valence-electron chi connectivity index (χ2n) is 14.8. The number of carbonyl (C=O) groups excluding carboxylic acids is 1. The van der Waals surface area contributed by atoms with Gasteiger partial charge in [0.2, 0.25) is 5.91 Å². The van der Waals surface area contributed by atoms with E-state index in [-0.39, 0.29) is 59.5 Å². The Balaban J connectivity index is 1.15. The predicted octanol–water partition coefficient (Wildman–Crippen LogP) is 2.50. The number of nitrogens with zero attached hydrogens (tertiary/aromatic N) is 2. The summed E-state index contributed by atoms with van der Waals surface area (Å²) in [4.78, 5) is 15.0. The molecule has 3 saturated carbocycles. The third kappa shape index (κ3) is 9.32. The van der Waals surface area contributed by atoms with E-state index in [0.29, 0.717) is 50.3 Å². The smallest absolute Gasteiger partial charge is 0.220 e. The molecule has 5 aliphatic rings. The molecule has 0 spiro atoms. The zero-order valence-corrected chi connectivity index (χ0v) is 28.9. The third-order valence-electron chi connectivity index (χ3n) is 11.3. The maximum Gasteiger partial charge on any atom is 0.220 e. The molecule has 0 radical (unpaired) electrons. The predicted molar refractivity (Wildman–Crippen MR) is 178 cm³/mol. The zero-order chi connectivity index (χ0) is 31.9. The molecule has 3 aliphatic carbocycles. The molecule has 2 aliphatic heterocycles. The minimum atomic E-state index is -0.135. The Morgan fingerprint density at radius 1 is 1.02 bits per heavy atom. The maximum absolute atomic E-state index is 12.9. The van der Waals surface area contributed by atoms with E-state index >= 15 is 0 Å². The summed E-state index contributed by atoms with van der Waals surface area (Å²) in [5.41, 5.74) is 0. The van der Waals surface area contributed by atoms with E-state index in [2.05, 4.69) is 44.5 Å². The fourth-order valence-electron chi connectivity index (χ4n) is 8.81. The van der Waals surface area contributed by atoms with Crippen molar-refractivity contribution in [1.29, 1.82) is 5.26 Å². The van der Waals surface area contributed by atoms with E-state index in [9.17, 15) is 10.1 Å². The molecule has 0 aromatic carbocycles.